The molecule has 1 saturated carbocycles. The Labute approximate surface area is 163 Å². The topological polar surface area (TPSA) is 57.6 Å². The van der Waals surface area contributed by atoms with Gasteiger partial charge in [-0.1, -0.05) is 49.6 Å². The third-order valence-electron chi connectivity index (χ3n) is 5.91. The summed E-state index contributed by atoms with van der Waals surface area (Å²) < 4.78 is 0. The quantitative estimate of drug-likeness (QED) is 0.750. The normalized spacial score (nSPS) is 21.4. The van der Waals surface area contributed by atoms with E-state index < -0.39 is 5.97 Å². The summed E-state index contributed by atoms with van der Waals surface area (Å²) in [7, 11) is 0. The Morgan fingerprint density at radius 3 is 2.48 bits per heavy atom. The molecule has 2 heterocycles. The van der Waals surface area contributed by atoms with Gasteiger partial charge in [0, 0.05) is 17.3 Å². The fourth-order valence-electron chi connectivity index (χ4n) is 4.63. The summed E-state index contributed by atoms with van der Waals surface area (Å²) in [5.74, 6) is -0.376. The molecule has 1 aliphatic heterocycles. The average molecular weight is 384 g/mol. The van der Waals surface area contributed by atoms with Crippen LogP contribution in [0.15, 0.2) is 36.4 Å². The van der Waals surface area contributed by atoms with Gasteiger partial charge in [-0.3, -0.25) is 4.79 Å². The molecule has 4 nitrogen and oxygen atoms in total. The summed E-state index contributed by atoms with van der Waals surface area (Å²) >= 11 is 1.27. The minimum absolute atomic E-state index is 0.0803. The highest BCUT2D eigenvalue weighted by Gasteiger charge is 2.37. The highest BCUT2D eigenvalue weighted by molar-refractivity contribution is 7.18. The molecule has 1 aromatic carbocycles. The number of benzene rings is 1. The lowest BCUT2D eigenvalue weighted by Crippen LogP contribution is -2.48. The van der Waals surface area contributed by atoms with E-state index >= 15 is 0 Å². The second-order valence-electron chi connectivity index (χ2n) is 7.62. The van der Waals surface area contributed by atoms with Crippen molar-refractivity contribution in [2.45, 2.75) is 57.4 Å². The minimum Gasteiger partial charge on any atom is -0.477 e. The molecule has 1 amide bonds. The van der Waals surface area contributed by atoms with Crippen LogP contribution >= 0.6 is 11.3 Å². The van der Waals surface area contributed by atoms with Gasteiger partial charge in [-0.15, -0.1) is 11.3 Å². The summed E-state index contributed by atoms with van der Waals surface area (Å²) in [6.45, 7) is 0. The van der Waals surface area contributed by atoms with Crippen LogP contribution in [0.4, 0.5) is 5.69 Å². The maximum atomic E-state index is 12.9. The number of piperidine rings is 1. The van der Waals surface area contributed by atoms with Crippen LogP contribution in [0.2, 0.25) is 0 Å². The van der Waals surface area contributed by atoms with Crippen molar-refractivity contribution in [3.63, 3.8) is 0 Å². The maximum Gasteiger partial charge on any atom is 0.348 e. The zero-order valence-corrected chi connectivity index (χ0v) is 16.2. The molecule has 0 radical (unpaired) electrons. The van der Waals surface area contributed by atoms with Crippen LogP contribution in [-0.4, -0.2) is 23.0 Å². The van der Waals surface area contributed by atoms with E-state index in [1.165, 1.54) is 30.6 Å². The van der Waals surface area contributed by atoms with Crippen molar-refractivity contribution in [2.75, 3.05) is 4.90 Å². The number of rotatable bonds is 4. The monoisotopic (exact) mass is 383 g/mol. The van der Waals surface area contributed by atoms with E-state index in [1.807, 2.05) is 41.3 Å². The number of thiophene rings is 1. The predicted octanol–water partition coefficient (Wildman–Crippen LogP) is 5.58. The number of hydrogen-bond acceptors (Lipinski definition) is 3. The molecular formula is C22H25NO3S. The van der Waals surface area contributed by atoms with Gasteiger partial charge in [-0.05, 0) is 43.2 Å². The number of carbonyl (C=O) groups is 2. The molecule has 1 atom stereocenters. The molecule has 0 bridgehead atoms. The minimum atomic E-state index is -0.946. The van der Waals surface area contributed by atoms with Gasteiger partial charge in [-0.25, -0.2) is 4.79 Å². The van der Waals surface area contributed by atoms with E-state index in [0.29, 0.717) is 18.0 Å². The number of aromatic carboxylic acids is 1. The van der Waals surface area contributed by atoms with Crippen molar-refractivity contribution in [2.24, 2.45) is 5.92 Å². The second kappa shape index (κ2) is 7.85. The van der Waals surface area contributed by atoms with Crippen molar-refractivity contribution in [1.29, 1.82) is 0 Å². The van der Waals surface area contributed by atoms with E-state index in [4.69, 9.17) is 0 Å². The first-order chi connectivity index (χ1) is 13.1. The van der Waals surface area contributed by atoms with Gasteiger partial charge in [0.25, 0.3) is 0 Å². The fourth-order valence-corrected chi connectivity index (χ4v) is 5.63. The number of amides is 1. The van der Waals surface area contributed by atoms with Crippen LogP contribution in [0.1, 0.15) is 61.0 Å². The van der Waals surface area contributed by atoms with Gasteiger partial charge in [-0.2, -0.15) is 0 Å². The van der Waals surface area contributed by atoms with Crippen LogP contribution in [-0.2, 0) is 4.79 Å². The molecule has 4 rings (SSSR count). The Bertz CT molecular complexity index is 823. The summed E-state index contributed by atoms with van der Waals surface area (Å²) in [6.07, 6.45) is 8.40. The van der Waals surface area contributed by atoms with Gasteiger partial charge in [0.1, 0.15) is 4.88 Å². The van der Waals surface area contributed by atoms with Gasteiger partial charge in [0.15, 0.2) is 0 Å². The van der Waals surface area contributed by atoms with Crippen molar-refractivity contribution in [3.8, 4) is 10.4 Å². The van der Waals surface area contributed by atoms with Crippen LogP contribution in [0.5, 0.6) is 0 Å². The first-order valence-corrected chi connectivity index (χ1v) is 10.7. The molecular weight excluding hydrogens is 358 g/mol. The Balaban J connectivity index is 1.75. The Hall–Kier alpha value is -2.14. The van der Waals surface area contributed by atoms with Crippen LogP contribution in [0, 0.1) is 5.92 Å². The molecule has 1 aromatic heterocycles. The third-order valence-corrected chi connectivity index (χ3v) is 7.07. The number of hydrogen-bond donors (Lipinski definition) is 1. The van der Waals surface area contributed by atoms with E-state index in [-0.39, 0.29) is 16.8 Å². The van der Waals surface area contributed by atoms with Crippen LogP contribution in [0.25, 0.3) is 10.4 Å². The van der Waals surface area contributed by atoms with Crippen molar-refractivity contribution in [3.05, 3.63) is 41.3 Å². The van der Waals surface area contributed by atoms with Gasteiger partial charge in [0.2, 0.25) is 5.91 Å². The SMILES string of the molecule is O=C(O)c1sc(-c2ccccc2)cc1N1C(=O)CCCC1C1CCCCC1. The zero-order chi connectivity index (χ0) is 18.8. The summed E-state index contributed by atoms with van der Waals surface area (Å²) in [5.41, 5.74) is 1.60. The number of carboxylic acid groups (broad SMARTS) is 1. The molecule has 2 aliphatic rings. The van der Waals surface area contributed by atoms with Gasteiger partial charge < -0.3 is 10.0 Å². The number of carbonyl (C=O) groups excluding carboxylic acids is 1. The van der Waals surface area contributed by atoms with Crippen molar-refractivity contribution >= 4 is 28.9 Å². The zero-order valence-electron chi connectivity index (χ0n) is 15.4. The van der Waals surface area contributed by atoms with E-state index in [1.54, 1.807) is 0 Å². The molecule has 2 aromatic rings. The van der Waals surface area contributed by atoms with Crippen LogP contribution < -0.4 is 4.90 Å². The molecule has 1 saturated heterocycles. The predicted molar refractivity (Wildman–Crippen MR) is 108 cm³/mol. The molecule has 1 N–H and O–H groups in total. The van der Waals surface area contributed by atoms with Crippen molar-refractivity contribution in [1.82, 2.24) is 0 Å². The lowest BCUT2D eigenvalue weighted by molar-refractivity contribution is -0.120. The molecule has 0 spiro atoms. The van der Waals surface area contributed by atoms with E-state index in [2.05, 4.69) is 0 Å². The van der Waals surface area contributed by atoms with Gasteiger partial charge in [0.05, 0.1) is 5.69 Å². The summed E-state index contributed by atoms with van der Waals surface area (Å²) in [5, 5.41) is 9.81. The molecule has 27 heavy (non-hydrogen) atoms. The summed E-state index contributed by atoms with van der Waals surface area (Å²) in [6, 6.07) is 11.9. The van der Waals surface area contributed by atoms with Gasteiger partial charge >= 0.3 is 5.97 Å². The molecule has 142 valence electrons. The number of anilines is 1. The molecule has 5 heteroatoms. The Morgan fingerprint density at radius 2 is 1.78 bits per heavy atom. The van der Waals surface area contributed by atoms with Crippen molar-refractivity contribution < 1.29 is 14.7 Å². The largest absolute Gasteiger partial charge is 0.477 e. The highest BCUT2D eigenvalue weighted by atomic mass is 32.1. The molecule has 1 aliphatic carbocycles. The van der Waals surface area contributed by atoms with E-state index in [0.717, 1.165) is 36.1 Å². The first kappa shape index (κ1) is 18.2. The highest BCUT2D eigenvalue weighted by Crippen LogP contribution is 2.42. The third kappa shape index (κ3) is 3.65. The average Bonchev–Trinajstić information content (AvgIpc) is 3.14. The number of nitrogens with zero attached hydrogens (tertiary/aromatic N) is 1. The van der Waals surface area contributed by atoms with E-state index in [9.17, 15) is 14.7 Å². The standard InChI is InChI=1S/C22H25NO3S/c24-20-13-7-12-17(15-8-3-1-4-9-15)23(20)18-14-19(27-21(18)22(25)26)16-10-5-2-6-11-16/h2,5-6,10-11,14-15,17H,1,3-4,7-9,12-13H2,(H,25,26). The lowest BCUT2D eigenvalue weighted by atomic mass is 9.79. The molecule has 2 fully saturated rings. The van der Waals surface area contributed by atoms with Crippen LogP contribution in [0.3, 0.4) is 0 Å². The fraction of sp³-hybridized carbons (Fsp3) is 0.455. The maximum absolute atomic E-state index is 12.9. The lowest BCUT2D eigenvalue weighted by Gasteiger charge is -2.41. The number of carboxylic acids is 1. The Morgan fingerprint density at radius 1 is 1.04 bits per heavy atom. The first-order valence-electron chi connectivity index (χ1n) is 9.90. The summed E-state index contributed by atoms with van der Waals surface area (Å²) in [4.78, 5) is 27.9. The molecule has 1 unspecified atom stereocenters. The second-order valence-corrected chi connectivity index (χ2v) is 8.67. The smallest absolute Gasteiger partial charge is 0.348 e. The Kier molecular flexibility index (Phi) is 5.30.